The van der Waals surface area contributed by atoms with Gasteiger partial charge in [-0.25, -0.2) is 0 Å². The summed E-state index contributed by atoms with van der Waals surface area (Å²) >= 11 is 0. The molecular formula is C28H28. The minimum absolute atomic E-state index is 0.170. The molecule has 0 fully saturated rings. The Labute approximate surface area is 170 Å². The smallest absolute Gasteiger partial charge is 0.0327 e. The van der Waals surface area contributed by atoms with Crippen molar-refractivity contribution in [2.75, 3.05) is 0 Å². The van der Waals surface area contributed by atoms with E-state index in [9.17, 15) is 0 Å². The number of allylic oxidation sites excluding steroid dienone is 22. The summed E-state index contributed by atoms with van der Waals surface area (Å²) in [6, 6.07) is 0. The van der Waals surface area contributed by atoms with Gasteiger partial charge in [0, 0.05) is 11.8 Å². The summed E-state index contributed by atoms with van der Waals surface area (Å²) < 4.78 is 0. The van der Waals surface area contributed by atoms with Crippen LogP contribution in [0.3, 0.4) is 0 Å². The monoisotopic (exact) mass is 364 g/mol. The molecule has 0 amide bonds. The molecule has 0 nitrogen and oxygen atoms in total. The topological polar surface area (TPSA) is 0 Å². The first-order valence-corrected chi connectivity index (χ1v) is 9.79. The van der Waals surface area contributed by atoms with E-state index in [1.165, 1.54) is 27.9 Å². The molecule has 1 unspecified atom stereocenters. The van der Waals surface area contributed by atoms with Gasteiger partial charge >= 0.3 is 0 Å². The quantitative estimate of drug-likeness (QED) is 0.454. The molecule has 0 spiro atoms. The summed E-state index contributed by atoms with van der Waals surface area (Å²) in [7, 11) is 0. The van der Waals surface area contributed by atoms with Crippen LogP contribution in [0.1, 0.15) is 20.3 Å². The first kappa shape index (κ1) is 19.9. The normalized spacial score (nSPS) is 26.2. The van der Waals surface area contributed by atoms with Gasteiger partial charge in [-0.2, -0.15) is 0 Å². The predicted molar refractivity (Wildman–Crippen MR) is 123 cm³/mol. The first-order chi connectivity index (χ1) is 13.6. The summed E-state index contributed by atoms with van der Waals surface area (Å²) in [6.07, 6.45) is 39.9. The molecule has 3 aliphatic carbocycles. The molecule has 3 aliphatic rings. The Morgan fingerprint density at radius 3 is 2.64 bits per heavy atom. The number of hydrogen-bond donors (Lipinski definition) is 0. The second-order valence-electron chi connectivity index (χ2n) is 7.36. The lowest BCUT2D eigenvalue weighted by Crippen LogP contribution is -2.22. The third-order valence-electron chi connectivity index (χ3n) is 5.15. The molecule has 0 aromatic heterocycles. The van der Waals surface area contributed by atoms with Gasteiger partial charge in [-0.3, -0.25) is 0 Å². The maximum Gasteiger partial charge on any atom is 0.0327 e. The van der Waals surface area contributed by atoms with E-state index in [1.807, 2.05) is 12.2 Å². The highest BCUT2D eigenvalue weighted by molar-refractivity contribution is 5.54. The van der Waals surface area contributed by atoms with Crippen LogP contribution in [-0.4, -0.2) is 0 Å². The Balaban J connectivity index is 2.02. The summed E-state index contributed by atoms with van der Waals surface area (Å²) in [4.78, 5) is 0. The summed E-state index contributed by atoms with van der Waals surface area (Å²) in [6.45, 7) is 8.01. The van der Waals surface area contributed by atoms with Crippen molar-refractivity contribution in [3.8, 4) is 0 Å². The van der Waals surface area contributed by atoms with Gasteiger partial charge < -0.3 is 0 Å². The Morgan fingerprint density at radius 2 is 1.82 bits per heavy atom. The molecule has 140 valence electrons. The molecule has 3 rings (SSSR count). The molecule has 0 bridgehead atoms. The van der Waals surface area contributed by atoms with E-state index >= 15 is 0 Å². The van der Waals surface area contributed by atoms with Crippen molar-refractivity contribution in [2.45, 2.75) is 20.3 Å². The van der Waals surface area contributed by atoms with Gasteiger partial charge in [-0.05, 0) is 43.9 Å². The standard InChI is InChI=1S/C28H28/c1-4-11-23(2)13-10-20-28(27-16-9-12-24(3)17-18-27)21-19-25-14-7-5-6-8-15-26(25)22-28/h4-21H,1,22H2,2-3H3/b6-5-,7-5?,8-6?,11-4?,14-7?,15-8?,20-10+,23-13-,25-14?,26-15?. The highest BCUT2D eigenvalue weighted by atomic mass is 14.3. The van der Waals surface area contributed by atoms with Crippen molar-refractivity contribution in [1.82, 2.24) is 0 Å². The van der Waals surface area contributed by atoms with Crippen LogP contribution in [0.4, 0.5) is 0 Å². The van der Waals surface area contributed by atoms with Crippen LogP contribution in [0.25, 0.3) is 0 Å². The highest BCUT2D eigenvalue weighted by Gasteiger charge is 2.32. The molecule has 0 aromatic carbocycles. The molecule has 0 saturated carbocycles. The van der Waals surface area contributed by atoms with Crippen LogP contribution in [-0.2, 0) is 0 Å². The van der Waals surface area contributed by atoms with Crippen molar-refractivity contribution < 1.29 is 0 Å². The van der Waals surface area contributed by atoms with Crippen molar-refractivity contribution >= 4 is 0 Å². The Hall–Kier alpha value is -2.86. The van der Waals surface area contributed by atoms with Gasteiger partial charge in [-0.1, -0.05) is 114 Å². The van der Waals surface area contributed by atoms with Crippen molar-refractivity contribution in [1.29, 1.82) is 0 Å². The minimum Gasteiger partial charge on any atom is -0.0840 e. The summed E-state index contributed by atoms with van der Waals surface area (Å²) in [5.41, 5.74) is 6.22. The van der Waals surface area contributed by atoms with Gasteiger partial charge in [0.15, 0.2) is 0 Å². The van der Waals surface area contributed by atoms with Crippen LogP contribution >= 0.6 is 0 Å². The third kappa shape index (κ3) is 4.89. The molecule has 0 heteroatoms. The van der Waals surface area contributed by atoms with E-state index in [2.05, 4.69) is 118 Å². The lowest BCUT2D eigenvalue weighted by molar-refractivity contribution is 0.583. The maximum absolute atomic E-state index is 3.78. The zero-order chi connectivity index (χ0) is 19.8. The molecule has 0 heterocycles. The van der Waals surface area contributed by atoms with Gasteiger partial charge in [0.25, 0.3) is 0 Å². The van der Waals surface area contributed by atoms with E-state index in [1.54, 1.807) is 0 Å². The summed E-state index contributed by atoms with van der Waals surface area (Å²) in [5, 5.41) is 0. The molecule has 0 saturated heterocycles. The average Bonchev–Trinajstić information content (AvgIpc) is 2.88. The Morgan fingerprint density at radius 1 is 1.00 bits per heavy atom. The van der Waals surface area contributed by atoms with Crippen molar-refractivity contribution in [3.63, 3.8) is 0 Å². The van der Waals surface area contributed by atoms with E-state index < -0.39 is 0 Å². The van der Waals surface area contributed by atoms with E-state index in [-0.39, 0.29) is 5.41 Å². The molecule has 28 heavy (non-hydrogen) atoms. The van der Waals surface area contributed by atoms with E-state index in [0.29, 0.717) is 0 Å². The SMILES string of the molecule is [CH2]C=C/C(C)=C\C=C\C1(C2=CC=C(C)C=C[CH]2)C=CC2=C(C=C/C=C\C=C2)C1. The predicted octanol–water partition coefficient (Wildman–Crippen LogP) is 7.45. The molecule has 0 aromatic rings. The average molecular weight is 365 g/mol. The zero-order valence-electron chi connectivity index (χ0n) is 16.8. The molecule has 0 aliphatic heterocycles. The van der Waals surface area contributed by atoms with Gasteiger partial charge in [0.1, 0.15) is 0 Å². The zero-order valence-corrected chi connectivity index (χ0v) is 16.8. The Bertz CT molecular complexity index is 927. The van der Waals surface area contributed by atoms with Gasteiger partial charge in [0.05, 0.1) is 0 Å². The summed E-state index contributed by atoms with van der Waals surface area (Å²) in [5.74, 6) is 0. The fraction of sp³-hybridized carbons (Fsp3) is 0.143. The van der Waals surface area contributed by atoms with Crippen LogP contribution in [0.15, 0.2) is 131 Å². The van der Waals surface area contributed by atoms with Crippen LogP contribution in [0, 0.1) is 18.8 Å². The second-order valence-corrected chi connectivity index (χ2v) is 7.36. The van der Waals surface area contributed by atoms with Gasteiger partial charge in [-0.15, -0.1) is 0 Å². The van der Waals surface area contributed by atoms with Gasteiger partial charge in [0.2, 0.25) is 0 Å². The van der Waals surface area contributed by atoms with Crippen LogP contribution < -0.4 is 0 Å². The fourth-order valence-electron chi connectivity index (χ4n) is 3.57. The second kappa shape index (κ2) is 9.37. The van der Waals surface area contributed by atoms with Crippen molar-refractivity contribution in [2.24, 2.45) is 5.41 Å². The molecule has 1 atom stereocenters. The first-order valence-electron chi connectivity index (χ1n) is 9.79. The fourth-order valence-corrected chi connectivity index (χ4v) is 3.57. The largest absolute Gasteiger partial charge is 0.0840 e. The van der Waals surface area contributed by atoms with Crippen LogP contribution in [0.2, 0.25) is 0 Å². The van der Waals surface area contributed by atoms with E-state index in [0.717, 1.165) is 6.42 Å². The van der Waals surface area contributed by atoms with Crippen LogP contribution in [0.5, 0.6) is 0 Å². The number of hydrogen-bond acceptors (Lipinski definition) is 0. The maximum atomic E-state index is 3.78. The molecule has 2 radical (unpaired) electrons. The lowest BCUT2D eigenvalue weighted by Gasteiger charge is -2.34. The van der Waals surface area contributed by atoms with Crippen molar-refractivity contribution in [3.05, 3.63) is 145 Å². The third-order valence-corrected chi connectivity index (χ3v) is 5.15. The Kier molecular flexibility index (Phi) is 6.66. The van der Waals surface area contributed by atoms with E-state index in [4.69, 9.17) is 0 Å². The molecular weight excluding hydrogens is 336 g/mol. The number of rotatable bonds is 4. The minimum atomic E-state index is -0.170. The lowest BCUT2D eigenvalue weighted by atomic mass is 9.69. The highest BCUT2D eigenvalue weighted by Crippen LogP contribution is 2.44. The molecule has 0 N–H and O–H groups in total.